The van der Waals surface area contributed by atoms with Gasteiger partial charge in [0.25, 0.3) is 0 Å². The molecule has 0 radical (unpaired) electrons. The van der Waals surface area contributed by atoms with E-state index in [1.807, 2.05) is 6.92 Å². The second-order valence-electron chi connectivity index (χ2n) is 6.75. The third-order valence-electron chi connectivity index (χ3n) is 4.64. The number of thiazole rings is 1. The lowest BCUT2D eigenvalue weighted by Crippen LogP contribution is -2.47. The highest BCUT2D eigenvalue weighted by Gasteiger charge is 2.31. The van der Waals surface area contributed by atoms with Gasteiger partial charge in [0.2, 0.25) is 15.9 Å². The predicted octanol–water partition coefficient (Wildman–Crippen LogP) is 3.92. The SMILES string of the molecule is CCC(C(=O)Nc1ccc2c(c1)sc(=O)n2CC)N(c1cccc(Cl)c1)S(C)(=O)=O. The summed E-state index contributed by atoms with van der Waals surface area (Å²) in [7, 11) is -3.75. The Labute approximate surface area is 183 Å². The minimum atomic E-state index is -3.75. The minimum absolute atomic E-state index is 0.0633. The number of aromatic nitrogens is 1. The molecule has 0 aliphatic heterocycles. The molecule has 0 saturated heterocycles. The quantitative estimate of drug-likeness (QED) is 0.570. The first-order chi connectivity index (χ1) is 14.2. The van der Waals surface area contributed by atoms with Gasteiger partial charge >= 0.3 is 4.87 Å². The molecule has 30 heavy (non-hydrogen) atoms. The number of aryl methyl sites for hydroxylation is 1. The van der Waals surface area contributed by atoms with E-state index in [2.05, 4.69) is 5.32 Å². The highest BCUT2D eigenvalue weighted by atomic mass is 35.5. The molecule has 7 nitrogen and oxygen atoms in total. The van der Waals surface area contributed by atoms with Crippen molar-refractivity contribution in [1.29, 1.82) is 0 Å². The van der Waals surface area contributed by atoms with Gasteiger partial charge in [-0.1, -0.05) is 35.9 Å². The molecule has 3 aromatic rings. The van der Waals surface area contributed by atoms with Crippen LogP contribution < -0.4 is 14.5 Å². The molecular weight excluding hydrogens is 446 g/mol. The number of carbonyl (C=O) groups is 1. The molecule has 1 amide bonds. The predicted molar refractivity (Wildman–Crippen MR) is 123 cm³/mol. The van der Waals surface area contributed by atoms with Crippen LogP contribution in [-0.4, -0.2) is 31.2 Å². The highest BCUT2D eigenvalue weighted by molar-refractivity contribution is 7.92. The van der Waals surface area contributed by atoms with Crippen LogP contribution in [0.25, 0.3) is 10.2 Å². The lowest BCUT2D eigenvalue weighted by molar-refractivity contribution is -0.117. The number of fused-ring (bicyclic) bond motifs is 1. The second-order valence-corrected chi connectivity index (χ2v) is 10.0. The molecule has 3 rings (SSSR count). The number of nitrogens with one attached hydrogen (secondary N) is 1. The normalized spacial score (nSPS) is 12.7. The van der Waals surface area contributed by atoms with Crippen molar-refractivity contribution in [2.45, 2.75) is 32.9 Å². The average molecular weight is 468 g/mol. The molecule has 1 heterocycles. The van der Waals surface area contributed by atoms with Gasteiger partial charge in [-0.15, -0.1) is 0 Å². The Kier molecular flexibility index (Phi) is 6.54. The molecule has 1 aromatic heterocycles. The van der Waals surface area contributed by atoms with Crippen LogP contribution in [0.2, 0.25) is 5.02 Å². The summed E-state index contributed by atoms with van der Waals surface area (Å²) in [5.41, 5.74) is 1.62. The van der Waals surface area contributed by atoms with Crippen molar-refractivity contribution in [3.8, 4) is 0 Å². The summed E-state index contributed by atoms with van der Waals surface area (Å²) < 4.78 is 28.5. The minimum Gasteiger partial charge on any atom is -0.324 e. The van der Waals surface area contributed by atoms with Gasteiger partial charge < -0.3 is 5.32 Å². The van der Waals surface area contributed by atoms with Crippen LogP contribution in [0.3, 0.4) is 0 Å². The van der Waals surface area contributed by atoms with Crippen molar-refractivity contribution in [3.05, 3.63) is 57.2 Å². The van der Waals surface area contributed by atoms with Gasteiger partial charge in [-0.25, -0.2) is 8.42 Å². The first kappa shape index (κ1) is 22.3. The van der Waals surface area contributed by atoms with Crippen LogP contribution >= 0.6 is 22.9 Å². The van der Waals surface area contributed by atoms with Gasteiger partial charge in [-0.2, -0.15) is 0 Å². The van der Waals surface area contributed by atoms with E-state index >= 15 is 0 Å². The van der Waals surface area contributed by atoms with Gasteiger partial charge in [-0.05, 0) is 49.7 Å². The molecule has 1 atom stereocenters. The lowest BCUT2D eigenvalue weighted by atomic mass is 10.1. The number of rotatable bonds is 7. The Hall–Kier alpha value is -2.36. The largest absolute Gasteiger partial charge is 0.324 e. The maximum absolute atomic E-state index is 13.0. The van der Waals surface area contributed by atoms with Crippen molar-refractivity contribution in [1.82, 2.24) is 4.57 Å². The molecule has 10 heteroatoms. The van der Waals surface area contributed by atoms with E-state index in [0.717, 1.165) is 32.1 Å². The van der Waals surface area contributed by atoms with Gasteiger partial charge in [0.1, 0.15) is 6.04 Å². The molecule has 1 N–H and O–H groups in total. The van der Waals surface area contributed by atoms with Gasteiger partial charge in [0.05, 0.1) is 22.2 Å². The molecule has 160 valence electrons. The number of hydrogen-bond donors (Lipinski definition) is 1. The maximum atomic E-state index is 13.0. The number of benzene rings is 2. The average Bonchev–Trinajstić information content (AvgIpc) is 2.98. The van der Waals surface area contributed by atoms with E-state index in [-0.39, 0.29) is 11.3 Å². The Morgan fingerprint density at radius 3 is 2.57 bits per heavy atom. The third-order valence-corrected chi connectivity index (χ3v) is 7.00. The number of carbonyl (C=O) groups excluding carboxylic acids is 1. The number of sulfonamides is 1. The molecule has 2 aromatic carbocycles. The monoisotopic (exact) mass is 467 g/mol. The van der Waals surface area contributed by atoms with Crippen molar-refractivity contribution < 1.29 is 13.2 Å². The summed E-state index contributed by atoms with van der Waals surface area (Å²) in [6.45, 7) is 4.19. The van der Waals surface area contributed by atoms with Crippen molar-refractivity contribution in [3.63, 3.8) is 0 Å². The number of nitrogens with zero attached hydrogens (tertiary/aromatic N) is 2. The van der Waals surface area contributed by atoms with Crippen LogP contribution in [0.5, 0.6) is 0 Å². The summed E-state index contributed by atoms with van der Waals surface area (Å²) in [6, 6.07) is 10.6. The second kappa shape index (κ2) is 8.79. The zero-order valence-corrected chi connectivity index (χ0v) is 19.1. The van der Waals surface area contributed by atoms with Crippen molar-refractivity contribution >= 4 is 60.5 Å². The molecule has 0 saturated carbocycles. The van der Waals surface area contributed by atoms with Crippen LogP contribution in [0, 0.1) is 0 Å². The summed E-state index contributed by atoms with van der Waals surface area (Å²) in [5.74, 6) is -0.468. The summed E-state index contributed by atoms with van der Waals surface area (Å²) in [6.07, 6.45) is 1.31. The third kappa shape index (κ3) is 4.53. The smallest absolute Gasteiger partial charge is 0.308 e. The Morgan fingerprint density at radius 1 is 1.23 bits per heavy atom. The highest BCUT2D eigenvalue weighted by Crippen LogP contribution is 2.27. The van der Waals surface area contributed by atoms with E-state index in [9.17, 15) is 18.0 Å². The van der Waals surface area contributed by atoms with E-state index in [1.165, 1.54) is 6.07 Å². The van der Waals surface area contributed by atoms with Gasteiger partial charge in [0, 0.05) is 17.3 Å². The lowest BCUT2D eigenvalue weighted by Gasteiger charge is -2.30. The van der Waals surface area contributed by atoms with Crippen molar-refractivity contribution in [2.75, 3.05) is 15.9 Å². The van der Waals surface area contributed by atoms with E-state index in [0.29, 0.717) is 22.9 Å². The number of halogens is 1. The summed E-state index contributed by atoms with van der Waals surface area (Å²) in [5, 5.41) is 3.16. The first-order valence-electron chi connectivity index (χ1n) is 9.35. The fraction of sp³-hybridized carbons (Fsp3) is 0.300. The summed E-state index contributed by atoms with van der Waals surface area (Å²) >= 11 is 7.13. The maximum Gasteiger partial charge on any atom is 0.308 e. The van der Waals surface area contributed by atoms with E-state index < -0.39 is 22.0 Å². The zero-order chi connectivity index (χ0) is 22.1. The summed E-state index contributed by atoms with van der Waals surface area (Å²) in [4.78, 5) is 25.0. The van der Waals surface area contributed by atoms with E-state index in [1.54, 1.807) is 47.9 Å². The zero-order valence-electron chi connectivity index (χ0n) is 16.8. The number of anilines is 2. The number of amides is 1. The molecule has 0 aliphatic carbocycles. The fourth-order valence-electron chi connectivity index (χ4n) is 3.34. The topological polar surface area (TPSA) is 88.5 Å². The number of hydrogen-bond acceptors (Lipinski definition) is 5. The molecular formula is C20H22ClN3O4S2. The van der Waals surface area contributed by atoms with Crippen molar-refractivity contribution in [2.24, 2.45) is 0 Å². The molecule has 0 fully saturated rings. The molecule has 0 spiro atoms. The van der Waals surface area contributed by atoms with E-state index in [4.69, 9.17) is 11.6 Å². The van der Waals surface area contributed by atoms with Crippen LogP contribution in [0.4, 0.5) is 11.4 Å². The standard InChI is InChI=1S/C20H22ClN3O4S2/c1-4-16(24(30(3,27)28)15-8-6-7-13(21)11-15)19(25)22-14-9-10-17-18(12-14)29-20(26)23(17)5-2/h6-12,16H,4-5H2,1-3H3,(H,22,25). The Morgan fingerprint density at radius 2 is 1.97 bits per heavy atom. The van der Waals surface area contributed by atoms with Gasteiger partial charge in [0.15, 0.2) is 0 Å². The van der Waals surface area contributed by atoms with Crippen LogP contribution in [0.15, 0.2) is 47.3 Å². The fourth-order valence-corrected chi connectivity index (χ4v) is 5.73. The molecule has 0 aliphatic rings. The van der Waals surface area contributed by atoms with Crippen LogP contribution in [-0.2, 0) is 21.4 Å². The van der Waals surface area contributed by atoms with Crippen LogP contribution in [0.1, 0.15) is 20.3 Å². The first-order valence-corrected chi connectivity index (χ1v) is 12.4. The molecule has 0 bridgehead atoms. The Balaban J connectivity index is 1.94. The van der Waals surface area contributed by atoms with Gasteiger partial charge in [-0.3, -0.25) is 18.5 Å². The Bertz CT molecular complexity index is 1250. The molecule has 1 unspecified atom stereocenters.